The van der Waals surface area contributed by atoms with E-state index >= 15 is 0 Å². The predicted molar refractivity (Wildman–Crippen MR) is 173 cm³/mol. The summed E-state index contributed by atoms with van der Waals surface area (Å²) in [6, 6.07) is 19.2. The Morgan fingerprint density at radius 2 is 1.56 bits per heavy atom. The smallest absolute Gasteiger partial charge is 0.350 e. The zero-order valence-electron chi connectivity index (χ0n) is 26.7. The molecule has 0 amide bonds. The van der Waals surface area contributed by atoms with Gasteiger partial charge in [0, 0.05) is 49.2 Å². The van der Waals surface area contributed by atoms with E-state index in [0.717, 1.165) is 49.3 Å². The maximum absolute atomic E-state index is 14.9. The van der Waals surface area contributed by atoms with E-state index in [-0.39, 0.29) is 37.1 Å². The maximum Gasteiger partial charge on any atom is 0.350 e. The molecule has 4 heterocycles. The summed E-state index contributed by atoms with van der Waals surface area (Å²) in [7, 11) is 0. The molecule has 7 rings (SSSR count). The van der Waals surface area contributed by atoms with Gasteiger partial charge < -0.3 is 24.0 Å². The molecule has 48 heavy (non-hydrogen) atoms. The Labute approximate surface area is 275 Å². The number of halogens is 2. The lowest BCUT2D eigenvalue weighted by atomic mass is 10.0. The Morgan fingerprint density at radius 1 is 0.896 bits per heavy atom. The Morgan fingerprint density at radius 3 is 2.17 bits per heavy atom. The van der Waals surface area contributed by atoms with Crippen LogP contribution in [0.5, 0.6) is 5.75 Å². The first kappa shape index (κ1) is 31.5. The van der Waals surface area contributed by atoms with E-state index in [4.69, 9.17) is 14.2 Å². The number of ether oxygens (including phenoxy) is 3. The van der Waals surface area contributed by atoms with E-state index < -0.39 is 23.5 Å². The second-order valence-corrected chi connectivity index (χ2v) is 12.1. The molecular weight excluding hydrogens is 622 g/mol. The van der Waals surface area contributed by atoms with Gasteiger partial charge in [-0.3, -0.25) is 0 Å². The number of benzene rings is 3. The van der Waals surface area contributed by atoms with Crippen LogP contribution >= 0.6 is 0 Å². The molecule has 0 spiro atoms. The highest BCUT2D eigenvalue weighted by molar-refractivity contribution is 5.54. The Hall–Kier alpha value is -5.08. The van der Waals surface area contributed by atoms with Crippen molar-refractivity contribution in [1.29, 1.82) is 0 Å². The lowest BCUT2D eigenvalue weighted by Crippen LogP contribution is -2.46. The topological polar surface area (TPSA) is 105 Å². The molecule has 2 fully saturated rings. The first-order valence-electron chi connectivity index (χ1n) is 15.9. The first-order valence-corrected chi connectivity index (χ1v) is 15.9. The average Bonchev–Trinajstić information content (AvgIpc) is 3.85. The number of hydrogen-bond donors (Lipinski definition) is 0. The quantitative estimate of drug-likeness (QED) is 0.219. The molecule has 0 radical (unpaired) electrons. The molecule has 2 aliphatic heterocycles. The van der Waals surface area contributed by atoms with Crippen LogP contribution in [0.25, 0.3) is 5.69 Å². The van der Waals surface area contributed by atoms with E-state index in [2.05, 4.69) is 25.0 Å². The predicted octanol–water partition coefficient (Wildman–Crippen LogP) is 4.16. The molecule has 2 atom stereocenters. The van der Waals surface area contributed by atoms with Crippen molar-refractivity contribution in [2.75, 3.05) is 49.2 Å². The summed E-state index contributed by atoms with van der Waals surface area (Å²) in [5.74, 6) is -2.30. The van der Waals surface area contributed by atoms with Crippen molar-refractivity contribution >= 4 is 11.4 Å². The molecule has 2 aromatic heterocycles. The van der Waals surface area contributed by atoms with Crippen molar-refractivity contribution in [3.8, 4) is 11.4 Å². The summed E-state index contributed by atoms with van der Waals surface area (Å²) in [4.78, 5) is 21.2. The summed E-state index contributed by atoms with van der Waals surface area (Å²) in [5.41, 5.74) is 2.92. The Kier molecular flexibility index (Phi) is 8.67. The van der Waals surface area contributed by atoms with Gasteiger partial charge in [0.25, 0.3) is 0 Å². The largest absolute Gasteiger partial charge is 0.491 e. The zero-order valence-corrected chi connectivity index (χ0v) is 26.7. The number of piperazine rings is 1. The van der Waals surface area contributed by atoms with E-state index in [1.165, 1.54) is 34.2 Å². The van der Waals surface area contributed by atoms with Crippen LogP contribution in [0, 0.1) is 11.6 Å². The molecule has 0 N–H and O–H groups in total. The number of hydrogen-bond acceptors (Lipinski definition) is 9. The standard InChI is InChI=1S/C34H36F2N8O4/c1-24(2)44-33(45)43(23-39-44)28-6-4-26(5-7-28)40-13-15-41(16-14-40)27-8-10-29(11-9-27)46-18-30-19-47-34(48-30,20-42-22-37-21-38-42)31-12-3-25(35)17-32(31)36/h3-12,17,21-24,30H,13-16,18-20H2,1-2H3/t30-,34-/m1/s1. The minimum Gasteiger partial charge on any atom is -0.491 e. The maximum atomic E-state index is 14.9. The van der Waals surface area contributed by atoms with Crippen LogP contribution in [0.2, 0.25) is 0 Å². The van der Waals surface area contributed by atoms with Gasteiger partial charge in [0.05, 0.1) is 18.3 Å². The van der Waals surface area contributed by atoms with Crippen molar-refractivity contribution in [2.24, 2.45) is 0 Å². The molecule has 250 valence electrons. The van der Waals surface area contributed by atoms with Crippen molar-refractivity contribution in [2.45, 2.75) is 38.3 Å². The average molecular weight is 659 g/mol. The fourth-order valence-electron chi connectivity index (χ4n) is 6.12. The van der Waals surface area contributed by atoms with Gasteiger partial charge in [0.2, 0.25) is 5.79 Å². The molecule has 0 bridgehead atoms. The van der Waals surface area contributed by atoms with E-state index in [1.54, 1.807) is 10.9 Å². The second-order valence-electron chi connectivity index (χ2n) is 12.1. The van der Waals surface area contributed by atoms with Crippen molar-refractivity contribution in [3.05, 3.63) is 113 Å². The molecule has 3 aromatic carbocycles. The van der Waals surface area contributed by atoms with E-state index in [1.807, 2.05) is 62.4 Å². The van der Waals surface area contributed by atoms with Gasteiger partial charge in [-0.25, -0.2) is 32.5 Å². The minimum absolute atomic E-state index is 0.00105. The van der Waals surface area contributed by atoms with Crippen molar-refractivity contribution < 1.29 is 23.0 Å². The normalized spacial score (nSPS) is 19.7. The molecule has 2 aliphatic rings. The molecule has 0 saturated carbocycles. The highest BCUT2D eigenvalue weighted by atomic mass is 19.1. The van der Waals surface area contributed by atoms with Gasteiger partial charge in [-0.15, -0.1) is 0 Å². The van der Waals surface area contributed by atoms with Crippen molar-refractivity contribution in [3.63, 3.8) is 0 Å². The van der Waals surface area contributed by atoms with Gasteiger partial charge in [-0.2, -0.15) is 10.2 Å². The van der Waals surface area contributed by atoms with Gasteiger partial charge in [0.1, 0.15) is 55.6 Å². The van der Waals surface area contributed by atoms with Gasteiger partial charge in [-0.05, 0) is 74.5 Å². The number of nitrogens with zero attached hydrogens (tertiary/aromatic N) is 8. The summed E-state index contributed by atoms with van der Waals surface area (Å²) in [6.07, 6.45) is 3.91. The summed E-state index contributed by atoms with van der Waals surface area (Å²) in [6.45, 7) is 7.63. The number of anilines is 2. The Bertz CT molecular complexity index is 1890. The van der Waals surface area contributed by atoms with Crippen LogP contribution < -0.4 is 20.2 Å². The summed E-state index contributed by atoms with van der Waals surface area (Å²) < 4.78 is 51.3. The number of aromatic nitrogens is 6. The minimum atomic E-state index is -1.51. The molecule has 0 aliphatic carbocycles. The summed E-state index contributed by atoms with van der Waals surface area (Å²) in [5, 5.41) is 8.32. The second kappa shape index (κ2) is 13.2. The summed E-state index contributed by atoms with van der Waals surface area (Å²) >= 11 is 0. The zero-order chi connectivity index (χ0) is 33.3. The van der Waals surface area contributed by atoms with E-state index in [0.29, 0.717) is 5.75 Å². The lowest BCUT2D eigenvalue weighted by Gasteiger charge is -2.37. The van der Waals surface area contributed by atoms with Crippen LogP contribution in [0.1, 0.15) is 25.5 Å². The SMILES string of the molecule is CC(C)n1ncn(-c2ccc(N3CCN(c4ccc(OC[C@@H]5CO[C@@](Cn6cncn6)(c6ccc(F)cc6F)O5)cc4)CC3)cc2)c1=O. The number of rotatable bonds is 10. The van der Waals surface area contributed by atoms with Crippen LogP contribution in [0.15, 0.2) is 90.5 Å². The molecule has 14 heteroatoms. The van der Waals surface area contributed by atoms with E-state index in [9.17, 15) is 13.6 Å². The van der Waals surface area contributed by atoms with Crippen molar-refractivity contribution in [1.82, 2.24) is 29.1 Å². The molecule has 12 nitrogen and oxygen atoms in total. The lowest BCUT2D eigenvalue weighted by molar-refractivity contribution is -0.192. The fraction of sp³-hybridized carbons (Fsp3) is 0.353. The van der Waals surface area contributed by atoms with Crippen LogP contribution in [0.4, 0.5) is 20.2 Å². The molecule has 2 saturated heterocycles. The highest BCUT2D eigenvalue weighted by Gasteiger charge is 2.46. The third-order valence-corrected chi connectivity index (χ3v) is 8.63. The van der Waals surface area contributed by atoms with Gasteiger partial charge >= 0.3 is 5.69 Å². The third-order valence-electron chi connectivity index (χ3n) is 8.63. The molecule has 0 unspecified atom stereocenters. The third kappa shape index (κ3) is 6.40. The monoisotopic (exact) mass is 658 g/mol. The van der Waals surface area contributed by atoms with Crippen LogP contribution in [-0.2, 0) is 21.8 Å². The van der Waals surface area contributed by atoms with Crippen LogP contribution in [0.3, 0.4) is 0 Å². The van der Waals surface area contributed by atoms with Crippen LogP contribution in [-0.4, -0.2) is 74.6 Å². The van der Waals surface area contributed by atoms with Gasteiger partial charge in [-0.1, -0.05) is 0 Å². The molecular formula is C34H36F2N8O4. The molecule has 5 aromatic rings. The highest BCUT2D eigenvalue weighted by Crippen LogP contribution is 2.38. The first-order chi connectivity index (χ1) is 23.3. The van der Waals surface area contributed by atoms with Gasteiger partial charge in [0.15, 0.2) is 0 Å². The Balaban J connectivity index is 0.929. The fourth-order valence-corrected chi connectivity index (χ4v) is 6.12.